The van der Waals surface area contributed by atoms with Crippen LogP contribution in [-0.4, -0.2) is 31.8 Å². The lowest BCUT2D eigenvalue weighted by Gasteiger charge is -2.11. The first-order chi connectivity index (χ1) is 9.62. The number of carbonyl (C=O) groups is 1. The highest BCUT2D eigenvalue weighted by Gasteiger charge is 2.17. The first-order valence-electron chi connectivity index (χ1n) is 5.99. The number of methoxy groups -OCH3 is 2. The summed E-state index contributed by atoms with van der Waals surface area (Å²) in [6.07, 6.45) is 1.39. The van der Waals surface area contributed by atoms with Crippen LogP contribution in [0, 0.1) is 0 Å². The minimum absolute atomic E-state index is 0.219. The highest BCUT2D eigenvalue weighted by atomic mass is 35.5. The molecule has 0 aliphatic heterocycles. The Morgan fingerprint density at radius 2 is 2.05 bits per heavy atom. The molecule has 2 rings (SSSR count). The molecular formula is C14H14ClNO4. The van der Waals surface area contributed by atoms with E-state index in [9.17, 15) is 4.79 Å². The minimum Gasteiger partial charge on any atom is -0.497 e. The number of pyridine rings is 1. The Labute approximate surface area is 121 Å². The van der Waals surface area contributed by atoms with E-state index in [1.807, 2.05) is 0 Å². The number of nitrogens with zero attached hydrogens (tertiary/aromatic N) is 1. The van der Waals surface area contributed by atoms with Gasteiger partial charge in [0.15, 0.2) is 0 Å². The fraction of sp³-hybridized carbons (Fsp3) is 0.286. The molecule has 0 N–H and O–H groups in total. The molecule has 1 aromatic carbocycles. The maximum atomic E-state index is 11.8. The van der Waals surface area contributed by atoms with E-state index in [1.165, 1.54) is 20.4 Å². The van der Waals surface area contributed by atoms with Crippen LogP contribution in [0.4, 0.5) is 0 Å². The summed E-state index contributed by atoms with van der Waals surface area (Å²) in [5.41, 5.74) is 0.780. The Kier molecular flexibility index (Phi) is 4.29. The van der Waals surface area contributed by atoms with E-state index >= 15 is 0 Å². The van der Waals surface area contributed by atoms with E-state index < -0.39 is 5.97 Å². The fourth-order valence-corrected chi connectivity index (χ4v) is 2.11. The Hall–Kier alpha value is -2.01. The molecule has 0 radical (unpaired) electrons. The van der Waals surface area contributed by atoms with Gasteiger partial charge in [0.05, 0.1) is 31.4 Å². The molecule has 2 aromatic rings. The van der Waals surface area contributed by atoms with Crippen LogP contribution >= 0.6 is 11.6 Å². The third-order valence-electron chi connectivity index (χ3n) is 2.80. The summed E-state index contributed by atoms with van der Waals surface area (Å²) in [5.74, 6) is 0.587. The Morgan fingerprint density at radius 1 is 1.30 bits per heavy atom. The van der Waals surface area contributed by atoms with Crippen molar-refractivity contribution in [3.63, 3.8) is 0 Å². The number of esters is 1. The van der Waals surface area contributed by atoms with E-state index in [1.54, 1.807) is 19.1 Å². The van der Waals surface area contributed by atoms with Gasteiger partial charge in [0.25, 0.3) is 0 Å². The van der Waals surface area contributed by atoms with Gasteiger partial charge in [0.1, 0.15) is 17.0 Å². The van der Waals surface area contributed by atoms with Crippen molar-refractivity contribution in [2.24, 2.45) is 0 Å². The predicted octanol–water partition coefficient (Wildman–Crippen LogP) is 3.08. The quantitative estimate of drug-likeness (QED) is 0.811. The number of fused-ring (bicyclic) bond motifs is 1. The largest absolute Gasteiger partial charge is 0.497 e. The third kappa shape index (κ3) is 2.49. The molecule has 0 aliphatic rings. The lowest BCUT2D eigenvalue weighted by Crippen LogP contribution is -2.06. The molecule has 6 heteroatoms. The SMILES string of the molecule is CCOC(=O)c1cnc2c(OC)cc(OC)cc2c1Cl. The summed E-state index contributed by atoms with van der Waals surface area (Å²) in [6.45, 7) is 2.00. The van der Waals surface area contributed by atoms with Crippen LogP contribution in [0.15, 0.2) is 18.3 Å². The molecule has 0 bridgehead atoms. The standard InChI is InChI=1S/C14H14ClNO4/c1-4-20-14(17)10-7-16-13-9(12(10)15)5-8(18-2)6-11(13)19-3/h5-7H,4H2,1-3H3. The van der Waals surface area contributed by atoms with E-state index in [0.29, 0.717) is 22.4 Å². The van der Waals surface area contributed by atoms with E-state index in [4.69, 9.17) is 25.8 Å². The van der Waals surface area contributed by atoms with Gasteiger partial charge in [-0.3, -0.25) is 4.98 Å². The zero-order chi connectivity index (χ0) is 14.7. The topological polar surface area (TPSA) is 57.7 Å². The normalized spacial score (nSPS) is 10.4. The Morgan fingerprint density at radius 3 is 2.65 bits per heavy atom. The van der Waals surface area contributed by atoms with Crippen LogP contribution in [0.5, 0.6) is 11.5 Å². The zero-order valence-electron chi connectivity index (χ0n) is 11.4. The number of hydrogen-bond donors (Lipinski definition) is 0. The maximum Gasteiger partial charge on any atom is 0.341 e. The average Bonchev–Trinajstić information content (AvgIpc) is 2.46. The van der Waals surface area contributed by atoms with Gasteiger partial charge < -0.3 is 14.2 Å². The Balaban J connectivity index is 2.68. The molecule has 0 saturated heterocycles. The van der Waals surface area contributed by atoms with Gasteiger partial charge in [-0.25, -0.2) is 4.79 Å². The van der Waals surface area contributed by atoms with Crippen molar-refractivity contribution in [2.75, 3.05) is 20.8 Å². The van der Waals surface area contributed by atoms with E-state index in [0.717, 1.165) is 0 Å². The summed E-state index contributed by atoms with van der Waals surface area (Å²) >= 11 is 6.28. The van der Waals surface area contributed by atoms with Crippen LogP contribution in [0.2, 0.25) is 5.02 Å². The number of halogens is 1. The van der Waals surface area contributed by atoms with Crippen LogP contribution in [0.1, 0.15) is 17.3 Å². The van der Waals surface area contributed by atoms with Gasteiger partial charge in [-0.1, -0.05) is 11.6 Å². The van der Waals surface area contributed by atoms with Crippen LogP contribution in [0.3, 0.4) is 0 Å². The van der Waals surface area contributed by atoms with Crippen molar-refractivity contribution in [3.05, 3.63) is 28.9 Å². The molecular weight excluding hydrogens is 282 g/mol. The van der Waals surface area contributed by atoms with Gasteiger partial charge in [-0.2, -0.15) is 0 Å². The number of ether oxygens (including phenoxy) is 3. The first-order valence-corrected chi connectivity index (χ1v) is 6.37. The smallest absolute Gasteiger partial charge is 0.341 e. The third-order valence-corrected chi connectivity index (χ3v) is 3.20. The molecule has 0 fully saturated rings. The molecule has 0 saturated carbocycles. The lowest BCUT2D eigenvalue weighted by atomic mass is 10.1. The Bertz CT molecular complexity index is 657. The zero-order valence-corrected chi connectivity index (χ0v) is 12.2. The lowest BCUT2D eigenvalue weighted by molar-refractivity contribution is 0.0526. The average molecular weight is 296 g/mol. The molecule has 20 heavy (non-hydrogen) atoms. The molecule has 0 amide bonds. The van der Waals surface area contributed by atoms with Crippen LogP contribution < -0.4 is 9.47 Å². The van der Waals surface area contributed by atoms with Gasteiger partial charge in [0.2, 0.25) is 0 Å². The second kappa shape index (κ2) is 5.96. The maximum absolute atomic E-state index is 11.8. The number of carbonyl (C=O) groups excluding carboxylic acids is 1. The summed E-state index contributed by atoms with van der Waals surface area (Å²) in [7, 11) is 3.07. The van der Waals surface area contributed by atoms with Gasteiger partial charge in [0, 0.05) is 17.6 Å². The van der Waals surface area contributed by atoms with E-state index in [-0.39, 0.29) is 17.2 Å². The van der Waals surface area contributed by atoms with E-state index in [2.05, 4.69) is 4.98 Å². The summed E-state index contributed by atoms with van der Waals surface area (Å²) in [6, 6.07) is 3.41. The molecule has 0 unspecified atom stereocenters. The predicted molar refractivity (Wildman–Crippen MR) is 75.8 cm³/mol. The molecule has 1 heterocycles. The van der Waals surface area contributed by atoms with Crippen molar-refractivity contribution in [2.45, 2.75) is 6.92 Å². The minimum atomic E-state index is -0.506. The van der Waals surface area contributed by atoms with Crippen molar-refractivity contribution in [1.29, 1.82) is 0 Å². The van der Waals surface area contributed by atoms with Crippen molar-refractivity contribution in [1.82, 2.24) is 4.98 Å². The second-order valence-corrected chi connectivity index (χ2v) is 4.31. The number of rotatable bonds is 4. The number of benzene rings is 1. The monoisotopic (exact) mass is 295 g/mol. The van der Waals surface area contributed by atoms with Crippen LogP contribution in [0.25, 0.3) is 10.9 Å². The second-order valence-electron chi connectivity index (χ2n) is 3.93. The molecule has 106 valence electrons. The van der Waals surface area contributed by atoms with Gasteiger partial charge in [-0.05, 0) is 13.0 Å². The highest BCUT2D eigenvalue weighted by Crippen LogP contribution is 2.35. The first kappa shape index (κ1) is 14.4. The summed E-state index contributed by atoms with van der Waals surface area (Å²) < 4.78 is 15.4. The van der Waals surface area contributed by atoms with Crippen molar-refractivity contribution >= 4 is 28.5 Å². The molecule has 0 spiro atoms. The molecule has 1 aromatic heterocycles. The fourth-order valence-electron chi connectivity index (χ4n) is 1.84. The number of hydrogen-bond acceptors (Lipinski definition) is 5. The molecule has 0 aliphatic carbocycles. The van der Waals surface area contributed by atoms with Crippen molar-refractivity contribution < 1.29 is 19.0 Å². The van der Waals surface area contributed by atoms with Gasteiger partial charge >= 0.3 is 5.97 Å². The van der Waals surface area contributed by atoms with Crippen molar-refractivity contribution in [3.8, 4) is 11.5 Å². The summed E-state index contributed by atoms with van der Waals surface area (Å²) in [4.78, 5) is 16.0. The summed E-state index contributed by atoms with van der Waals surface area (Å²) in [5, 5.41) is 0.846. The van der Waals surface area contributed by atoms with Crippen LogP contribution in [-0.2, 0) is 4.74 Å². The molecule has 5 nitrogen and oxygen atoms in total. The van der Waals surface area contributed by atoms with Gasteiger partial charge in [-0.15, -0.1) is 0 Å². The number of aromatic nitrogens is 1. The highest BCUT2D eigenvalue weighted by molar-refractivity contribution is 6.38. The molecule has 0 atom stereocenters.